The van der Waals surface area contributed by atoms with Gasteiger partial charge in [-0.25, -0.2) is 48.1 Å². The van der Waals surface area contributed by atoms with Crippen molar-refractivity contribution in [2.45, 2.75) is 66.1 Å². The molecule has 7 N–H and O–H groups in total. The molecule has 6 heterocycles. The number of hydrogen-bond acceptors (Lipinski definition) is 21. The van der Waals surface area contributed by atoms with Gasteiger partial charge in [0, 0.05) is 142 Å². The van der Waals surface area contributed by atoms with Gasteiger partial charge in [0.25, 0.3) is 0 Å². The summed E-state index contributed by atoms with van der Waals surface area (Å²) >= 11 is 13.9. The van der Waals surface area contributed by atoms with Crippen molar-refractivity contribution in [3.63, 3.8) is 0 Å². The van der Waals surface area contributed by atoms with Crippen LogP contribution in [0.1, 0.15) is 60.7 Å². The Kier molecular flexibility index (Phi) is 28.1. The smallest absolute Gasteiger partial charge is 0.793 e. The largest absolute Gasteiger partial charge is 1.00 e. The maximum absolute atomic E-state index is 15.5. The van der Waals surface area contributed by atoms with E-state index in [1.807, 2.05) is 92.7 Å². The molecule has 2 fully saturated rings. The molecule has 10 aromatic rings. The molecule has 2 amide bonds. The van der Waals surface area contributed by atoms with Gasteiger partial charge in [0.15, 0.2) is 17.9 Å². The van der Waals surface area contributed by atoms with Crippen LogP contribution in [-0.2, 0) is 44.9 Å². The Morgan fingerprint density at radius 3 is 1.44 bits per heavy atom. The zero-order chi connectivity index (χ0) is 70.6. The number of rotatable bonds is 14. The molecule has 0 aliphatic carbocycles. The monoisotopic (exact) mass is 1390 g/mol. The van der Waals surface area contributed by atoms with Gasteiger partial charge < -0.3 is 54.5 Å². The van der Waals surface area contributed by atoms with Crippen LogP contribution in [0.5, 0.6) is 11.5 Å². The molecule has 2 atom stereocenters. The molecule has 4 aromatic heterocycles. The molecule has 2 aliphatic heterocycles. The number of hydrogen-bond donors (Lipinski definition) is 6. The molecule has 3 radical (unpaired) electrons. The first kappa shape index (κ1) is 76.3. The van der Waals surface area contributed by atoms with Crippen LogP contribution in [0.15, 0.2) is 146 Å². The number of methoxy groups -OCH3 is 2. The number of aromatic nitrogens is 6. The van der Waals surface area contributed by atoms with E-state index in [1.54, 1.807) is 55.4 Å². The number of nitrogens with zero attached hydrogens (tertiary/aromatic N) is 6. The van der Waals surface area contributed by atoms with Gasteiger partial charge in [0.2, 0.25) is 17.8 Å². The minimum atomic E-state index is -0.672. The summed E-state index contributed by atoms with van der Waals surface area (Å²) < 4.78 is 44.5. The van der Waals surface area contributed by atoms with Gasteiger partial charge >= 0.3 is 41.5 Å². The molecule has 29 heteroatoms. The summed E-state index contributed by atoms with van der Waals surface area (Å²) in [4.78, 5) is 96.3. The van der Waals surface area contributed by atoms with E-state index in [1.165, 1.54) is 33.3 Å². The van der Waals surface area contributed by atoms with E-state index in [4.69, 9.17) is 38.4 Å². The van der Waals surface area contributed by atoms with Crippen molar-refractivity contribution < 1.29 is 91.0 Å². The Bertz CT molecular complexity index is 4580. The quantitative estimate of drug-likeness (QED) is 0.0256. The second-order valence-corrected chi connectivity index (χ2v) is 22.4. The molecule has 0 saturated carbocycles. The van der Waals surface area contributed by atoms with Crippen LogP contribution < -0.4 is 71.3 Å². The van der Waals surface area contributed by atoms with Crippen molar-refractivity contribution in [3.8, 4) is 56.0 Å². The maximum Gasteiger partial charge on any atom is 1.00 e. The molecular weight excluding hydrogens is 1330 g/mol. The van der Waals surface area contributed by atoms with Gasteiger partial charge in [-0.05, 0) is 95.8 Å². The van der Waals surface area contributed by atoms with Crippen LogP contribution in [0.3, 0.4) is 0 Å². The molecular formula is C70H65BCl2F2N12NaO11. The van der Waals surface area contributed by atoms with E-state index in [9.17, 15) is 33.2 Å². The third-order valence-electron chi connectivity index (χ3n) is 14.9. The Labute approximate surface area is 601 Å². The zero-order valence-electron chi connectivity index (χ0n) is 55.0. The normalized spacial score (nSPS) is 13.3. The van der Waals surface area contributed by atoms with E-state index < -0.39 is 29.5 Å². The zero-order valence-corrected chi connectivity index (χ0v) is 58.5. The van der Waals surface area contributed by atoms with Crippen molar-refractivity contribution >= 4 is 112 Å². The standard InChI is InChI=1S/C32H28ClFN6O2.C28H20ClFN4O2.C4H8N2O.C4H6O4.C2H3BO2.Na/c1-18-21(5-4-8-26(18)40-32-31-27(9-10-37-32)35-11-12-36-31)23-7-3-6-22(30(23)33)19-13-25(34)24(28(14-19)42-2)17-38-20-15-29(41)39-16-20;1-16-18(5-4-8-23(16)34-28-27-24(9-10-33-28)31-11-12-32-27)20-7-3-6-19(26(20)29)17-13-22(30)21(15-35)25(14-17)36-2;5-3-1-4(7)6-2-3;1-3(5)7-8-4(2)6;1-2(4)5-3;/h3-14,20,38H,15-17H2,1-2H3,(H,37,40)(H,39,41);3-15H,1-2H3,(H,33,34);3H,1-2,5H2,(H,6,7);1-2H3;1H3;/q;;;;-1;+1/t20-;;3-;;;/m0.0.../s1. The Morgan fingerprint density at radius 2 is 1.03 bits per heavy atom. The van der Waals surface area contributed by atoms with E-state index in [0.717, 1.165) is 69.6 Å². The molecule has 0 bridgehead atoms. The minimum absolute atomic E-state index is 0. The summed E-state index contributed by atoms with van der Waals surface area (Å²) in [6, 6.07) is 32.8. The fraction of sp³-hybridized carbons (Fsp3) is 0.200. The fourth-order valence-electron chi connectivity index (χ4n) is 10.2. The minimum Gasteiger partial charge on any atom is -0.793 e. The van der Waals surface area contributed by atoms with Crippen molar-refractivity contribution in [1.82, 2.24) is 45.9 Å². The van der Waals surface area contributed by atoms with Crippen molar-refractivity contribution in [3.05, 3.63) is 190 Å². The molecule has 6 aromatic carbocycles. The first-order chi connectivity index (χ1) is 47.1. The van der Waals surface area contributed by atoms with E-state index in [0.29, 0.717) is 98.5 Å². The number of pyridine rings is 2. The summed E-state index contributed by atoms with van der Waals surface area (Å²) in [7, 11) is 7.23. The average Bonchev–Trinajstić information content (AvgIpc) is 1.09. The van der Waals surface area contributed by atoms with Gasteiger partial charge in [0.1, 0.15) is 34.2 Å². The molecule has 2 saturated heterocycles. The number of carbonyl (C=O) groups is 6. The van der Waals surface area contributed by atoms with E-state index >= 15 is 4.39 Å². The van der Waals surface area contributed by atoms with Crippen molar-refractivity contribution in [2.24, 2.45) is 5.73 Å². The van der Waals surface area contributed by atoms with E-state index in [2.05, 4.69) is 79.0 Å². The number of amides is 2. The van der Waals surface area contributed by atoms with Crippen molar-refractivity contribution in [2.75, 3.05) is 37.9 Å². The van der Waals surface area contributed by atoms with Gasteiger partial charge in [-0.1, -0.05) is 83.9 Å². The van der Waals surface area contributed by atoms with Gasteiger partial charge in [-0.3, -0.25) is 29.1 Å². The summed E-state index contributed by atoms with van der Waals surface area (Å²) in [6.45, 7) is 8.92. The number of halogens is 4. The number of aldehydes is 1. The Balaban J connectivity index is 0.000000217. The first-order valence-electron chi connectivity index (χ1n) is 30.0. The summed E-state index contributed by atoms with van der Waals surface area (Å²) in [6.07, 6.45) is 11.2. The number of carbonyl (C=O) groups excluding carboxylic acids is 6. The SMILES string of the molecule is CC(=O)OOC(C)=O.COc1cc(-c2cccc(-c3cccc(Nc4nccc5nccnc45)c3C)c2Cl)cc(F)c1C=O.COc1cc(-c2cccc(-c3cccc(Nc4nccc5nccnc45)c3C)c2Cl)cc(F)c1CN[C@@H]1CNC(=O)C1.N[C@@H]1CNC(=O)C1.[B-]OC(C)=O.[Na+]. The molecule has 2 aliphatic rings. The van der Waals surface area contributed by atoms with E-state index in [-0.39, 0.29) is 71.3 Å². The van der Waals surface area contributed by atoms with Crippen LogP contribution in [0.25, 0.3) is 66.6 Å². The summed E-state index contributed by atoms with van der Waals surface area (Å²) in [5.41, 5.74) is 17.8. The fourth-order valence-corrected chi connectivity index (χ4v) is 10.8. The van der Waals surface area contributed by atoms with Crippen LogP contribution in [0.4, 0.5) is 31.8 Å². The predicted molar refractivity (Wildman–Crippen MR) is 369 cm³/mol. The summed E-state index contributed by atoms with van der Waals surface area (Å²) in [5, 5.41) is 16.3. The van der Waals surface area contributed by atoms with Gasteiger partial charge in [-0.15, -0.1) is 0 Å². The molecule has 12 rings (SSSR count). The number of anilines is 4. The Hall–Kier alpha value is -10.1. The maximum atomic E-state index is 15.5. The van der Waals surface area contributed by atoms with Crippen LogP contribution >= 0.6 is 23.2 Å². The molecule has 99 heavy (non-hydrogen) atoms. The number of nitrogens with two attached hydrogens (primary N) is 1. The van der Waals surface area contributed by atoms with Crippen LogP contribution in [-0.4, -0.2) is 113 Å². The first-order valence-corrected chi connectivity index (χ1v) is 30.8. The molecule has 0 spiro atoms. The topological polar surface area (TPSA) is 312 Å². The van der Waals surface area contributed by atoms with Crippen LogP contribution in [0.2, 0.25) is 10.0 Å². The second-order valence-electron chi connectivity index (χ2n) is 21.7. The number of fused-ring (bicyclic) bond motifs is 2. The number of benzene rings is 6. The molecule has 503 valence electrons. The Morgan fingerprint density at radius 1 is 0.596 bits per heavy atom. The van der Waals surface area contributed by atoms with Crippen molar-refractivity contribution in [1.29, 1.82) is 0 Å². The third kappa shape index (κ3) is 20.1. The molecule has 23 nitrogen and oxygen atoms in total. The molecule has 0 unspecified atom stereocenters. The van der Waals surface area contributed by atoms with Gasteiger partial charge in [0.05, 0.1) is 40.9 Å². The average molecular weight is 1390 g/mol. The van der Waals surface area contributed by atoms with Crippen LogP contribution in [0, 0.1) is 25.5 Å². The predicted octanol–water partition coefficient (Wildman–Crippen LogP) is 8.71. The summed E-state index contributed by atoms with van der Waals surface area (Å²) in [5.74, 6) is -1.01. The number of ether oxygens (including phenoxy) is 2. The second kappa shape index (κ2) is 36.5. The van der Waals surface area contributed by atoms with Gasteiger partial charge in [-0.2, -0.15) is 0 Å². The number of nitrogens with one attached hydrogen (secondary N) is 5. The third-order valence-corrected chi connectivity index (χ3v) is 15.8.